The molecular formula is C10H21BO. The standard InChI is InChI=1S/C6H13B.C4H8O/c1-5(2)6(3,4)7;1-2-4-5-3-1/h5H,1-4H3;1-4H2. The van der Waals surface area contributed by atoms with Gasteiger partial charge in [0.2, 0.25) is 0 Å². The lowest BCUT2D eigenvalue weighted by Crippen LogP contribution is -2.09. The molecule has 1 heterocycles. The fourth-order valence-corrected chi connectivity index (χ4v) is 0.510. The predicted octanol–water partition coefficient (Wildman–Crippen LogP) is 2.81. The van der Waals surface area contributed by atoms with Crippen LogP contribution in [0, 0.1) is 5.92 Å². The van der Waals surface area contributed by atoms with E-state index < -0.39 is 0 Å². The zero-order valence-corrected chi connectivity index (χ0v) is 8.89. The minimum atomic E-state index is 0.000000000000000222. The van der Waals surface area contributed by atoms with Crippen LogP contribution in [0.3, 0.4) is 0 Å². The Hall–Kier alpha value is 0.0249. The Bertz CT molecular complexity index is 93.3. The van der Waals surface area contributed by atoms with Crippen molar-refractivity contribution in [3.63, 3.8) is 0 Å². The van der Waals surface area contributed by atoms with E-state index in [-0.39, 0.29) is 5.31 Å². The number of ether oxygens (including phenoxy) is 1. The van der Waals surface area contributed by atoms with Crippen molar-refractivity contribution in [2.45, 2.75) is 45.9 Å². The average molecular weight is 168 g/mol. The zero-order valence-electron chi connectivity index (χ0n) is 8.89. The molecule has 12 heavy (non-hydrogen) atoms. The monoisotopic (exact) mass is 168 g/mol. The zero-order chi connectivity index (χ0) is 9.61. The molecule has 2 radical (unpaired) electrons. The maximum Gasteiger partial charge on any atom is 0.0742 e. The molecule has 0 atom stereocenters. The van der Waals surface area contributed by atoms with Crippen molar-refractivity contribution in [1.29, 1.82) is 0 Å². The third-order valence-electron chi connectivity index (χ3n) is 2.32. The second-order valence-corrected chi connectivity index (χ2v) is 4.30. The first-order chi connectivity index (χ1) is 5.44. The van der Waals surface area contributed by atoms with Gasteiger partial charge in [-0.2, -0.15) is 0 Å². The molecule has 1 saturated heterocycles. The Labute approximate surface area is 78.3 Å². The summed E-state index contributed by atoms with van der Waals surface area (Å²) in [4.78, 5) is 0. The summed E-state index contributed by atoms with van der Waals surface area (Å²) in [6, 6.07) is 0. The Morgan fingerprint density at radius 1 is 1.17 bits per heavy atom. The topological polar surface area (TPSA) is 9.23 Å². The molecule has 1 rings (SSSR count). The quantitative estimate of drug-likeness (QED) is 0.547. The van der Waals surface area contributed by atoms with E-state index in [1.54, 1.807) is 0 Å². The van der Waals surface area contributed by atoms with Crippen LogP contribution in [0.25, 0.3) is 0 Å². The van der Waals surface area contributed by atoms with E-state index in [1.807, 2.05) is 13.8 Å². The van der Waals surface area contributed by atoms with E-state index in [9.17, 15) is 0 Å². The molecule has 0 bridgehead atoms. The first-order valence-electron chi connectivity index (χ1n) is 4.81. The van der Waals surface area contributed by atoms with Crippen molar-refractivity contribution in [1.82, 2.24) is 0 Å². The highest BCUT2D eigenvalue weighted by Gasteiger charge is 2.13. The molecule has 0 saturated carbocycles. The smallest absolute Gasteiger partial charge is 0.0742 e. The van der Waals surface area contributed by atoms with Crippen molar-refractivity contribution >= 4 is 7.85 Å². The first kappa shape index (κ1) is 12.0. The van der Waals surface area contributed by atoms with Crippen molar-refractivity contribution < 1.29 is 4.74 Å². The largest absolute Gasteiger partial charge is 0.381 e. The summed E-state index contributed by atoms with van der Waals surface area (Å²) in [6.45, 7) is 10.3. The van der Waals surface area contributed by atoms with Crippen LogP contribution in [-0.2, 0) is 4.74 Å². The van der Waals surface area contributed by atoms with Crippen LogP contribution in [0.4, 0.5) is 0 Å². The summed E-state index contributed by atoms with van der Waals surface area (Å²) in [6.07, 6.45) is 2.56. The van der Waals surface area contributed by atoms with Gasteiger partial charge in [-0.15, -0.1) is 0 Å². The van der Waals surface area contributed by atoms with Gasteiger partial charge in [-0.3, -0.25) is 0 Å². The second-order valence-electron chi connectivity index (χ2n) is 4.30. The van der Waals surface area contributed by atoms with Gasteiger partial charge in [0.15, 0.2) is 0 Å². The van der Waals surface area contributed by atoms with Crippen LogP contribution in [0.15, 0.2) is 0 Å². The SMILES string of the molecule is C1CCOC1.[B]C(C)(C)C(C)C. The molecule has 0 spiro atoms. The Balaban J connectivity index is 0.000000211. The Kier molecular flexibility index (Phi) is 5.64. The van der Waals surface area contributed by atoms with Gasteiger partial charge < -0.3 is 4.74 Å². The molecule has 0 aromatic heterocycles. The van der Waals surface area contributed by atoms with Gasteiger partial charge in [0.05, 0.1) is 7.85 Å². The number of hydrogen-bond acceptors (Lipinski definition) is 1. The van der Waals surface area contributed by atoms with E-state index >= 15 is 0 Å². The summed E-state index contributed by atoms with van der Waals surface area (Å²) in [7, 11) is 5.68. The molecule has 1 nitrogen and oxygen atoms in total. The molecule has 0 amide bonds. The average Bonchev–Trinajstić information content (AvgIpc) is 2.39. The highest BCUT2D eigenvalue weighted by molar-refractivity contribution is 6.14. The summed E-state index contributed by atoms with van der Waals surface area (Å²) in [5.41, 5.74) is 0. The fourth-order valence-electron chi connectivity index (χ4n) is 0.510. The van der Waals surface area contributed by atoms with E-state index in [2.05, 4.69) is 13.8 Å². The summed E-state index contributed by atoms with van der Waals surface area (Å²) >= 11 is 0. The molecule has 1 aliphatic rings. The Morgan fingerprint density at radius 2 is 1.50 bits per heavy atom. The lowest BCUT2D eigenvalue weighted by Gasteiger charge is -2.23. The van der Waals surface area contributed by atoms with E-state index in [1.165, 1.54) is 12.8 Å². The molecule has 0 aliphatic carbocycles. The molecule has 1 aliphatic heterocycles. The van der Waals surface area contributed by atoms with Gasteiger partial charge in [0, 0.05) is 13.2 Å². The summed E-state index contributed by atoms with van der Waals surface area (Å²) in [5, 5.41) is 0.000000000000000222. The van der Waals surface area contributed by atoms with E-state index in [4.69, 9.17) is 12.6 Å². The van der Waals surface area contributed by atoms with Crippen LogP contribution < -0.4 is 0 Å². The van der Waals surface area contributed by atoms with E-state index in [0.717, 1.165) is 13.2 Å². The van der Waals surface area contributed by atoms with Gasteiger partial charge in [0.1, 0.15) is 0 Å². The van der Waals surface area contributed by atoms with Crippen LogP contribution >= 0.6 is 0 Å². The van der Waals surface area contributed by atoms with Crippen molar-refractivity contribution in [2.24, 2.45) is 5.92 Å². The molecule has 2 heteroatoms. The van der Waals surface area contributed by atoms with Crippen molar-refractivity contribution in [3.8, 4) is 0 Å². The number of rotatable bonds is 1. The maximum atomic E-state index is 5.68. The second kappa shape index (κ2) is 5.63. The van der Waals surface area contributed by atoms with Crippen molar-refractivity contribution in [3.05, 3.63) is 0 Å². The normalized spacial score (nSPS) is 17.4. The minimum absolute atomic E-state index is 0.000000000000000222. The van der Waals surface area contributed by atoms with Crippen LogP contribution in [0.5, 0.6) is 0 Å². The van der Waals surface area contributed by atoms with Crippen LogP contribution in [0.1, 0.15) is 40.5 Å². The third-order valence-corrected chi connectivity index (χ3v) is 2.32. The maximum absolute atomic E-state index is 5.68. The summed E-state index contributed by atoms with van der Waals surface area (Å²) < 4.78 is 4.94. The Morgan fingerprint density at radius 3 is 1.58 bits per heavy atom. The van der Waals surface area contributed by atoms with Gasteiger partial charge in [-0.1, -0.05) is 33.0 Å². The van der Waals surface area contributed by atoms with Gasteiger partial charge in [-0.05, 0) is 18.8 Å². The molecule has 0 N–H and O–H groups in total. The van der Waals surface area contributed by atoms with Crippen LogP contribution in [-0.4, -0.2) is 21.1 Å². The predicted molar refractivity (Wildman–Crippen MR) is 54.7 cm³/mol. The number of hydrogen-bond donors (Lipinski definition) is 0. The third kappa shape index (κ3) is 6.72. The molecule has 0 unspecified atom stereocenters. The van der Waals surface area contributed by atoms with Crippen molar-refractivity contribution in [2.75, 3.05) is 13.2 Å². The highest BCUT2D eigenvalue weighted by atomic mass is 16.5. The summed E-state index contributed by atoms with van der Waals surface area (Å²) in [5.74, 6) is 0.576. The van der Waals surface area contributed by atoms with E-state index in [0.29, 0.717) is 5.92 Å². The van der Waals surface area contributed by atoms with Gasteiger partial charge in [0.25, 0.3) is 0 Å². The van der Waals surface area contributed by atoms with Gasteiger partial charge in [-0.25, -0.2) is 0 Å². The molecule has 1 fully saturated rings. The minimum Gasteiger partial charge on any atom is -0.381 e. The molecule has 0 aromatic carbocycles. The highest BCUT2D eigenvalue weighted by Crippen LogP contribution is 2.28. The van der Waals surface area contributed by atoms with Crippen LogP contribution in [0.2, 0.25) is 5.31 Å². The van der Waals surface area contributed by atoms with Gasteiger partial charge >= 0.3 is 0 Å². The molecule has 70 valence electrons. The lowest BCUT2D eigenvalue weighted by molar-refractivity contribution is 0.198. The molecular weight excluding hydrogens is 147 g/mol. The lowest BCUT2D eigenvalue weighted by atomic mass is 9.65. The fraction of sp³-hybridized carbons (Fsp3) is 1.00. The molecule has 0 aromatic rings. The first-order valence-corrected chi connectivity index (χ1v) is 4.81.